The Labute approximate surface area is 53.4 Å². The quantitative estimate of drug-likeness (QED) is 0.535. The van der Waals surface area contributed by atoms with Crippen LogP contribution in [0.25, 0.3) is 0 Å². The van der Waals surface area contributed by atoms with Crippen molar-refractivity contribution in [3.8, 4) is 0 Å². The lowest BCUT2D eigenvalue weighted by Crippen LogP contribution is -2.38. The maximum Gasteiger partial charge on any atom is 0.419 e. The maximum absolute atomic E-state index is 10.0. The summed E-state index contributed by atoms with van der Waals surface area (Å²) in [4.78, 5) is 10.0. The van der Waals surface area contributed by atoms with Gasteiger partial charge in [-0.2, -0.15) is 0 Å². The van der Waals surface area contributed by atoms with Crippen LogP contribution in [-0.2, 0) is 0 Å². The lowest BCUT2D eigenvalue weighted by Gasteiger charge is -2.12. The van der Waals surface area contributed by atoms with E-state index in [1.54, 1.807) is 5.01 Å². The van der Waals surface area contributed by atoms with E-state index >= 15 is 0 Å². The van der Waals surface area contributed by atoms with Crippen LogP contribution in [0, 0.1) is 0 Å². The number of hydrogen-bond donors (Lipinski definition) is 2. The summed E-state index contributed by atoms with van der Waals surface area (Å²) >= 11 is 0. The number of amides is 1. The predicted octanol–water partition coefficient (Wildman–Crippen LogP) is 0.265. The van der Waals surface area contributed by atoms with E-state index in [-0.39, 0.29) is 0 Å². The van der Waals surface area contributed by atoms with Crippen LogP contribution in [0.4, 0.5) is 4.79 Å². The first-order valence-electron chi connectivity index (χ1n) is 3.03. The molecule has 1 heterocycles. The van der Waals surface area contributed by atoms with Crippen LogP contribution in [-0.4, -0.2) is 29.3 Å². The molecule has 0 aromatic heterocycles. The standard InChI is InChI=1S/C5H10N2O2/c8-5(9)6-7-3-1-2-4-7/h6H,1-4H2,(H,8,9). The third-order valence-electron chi connectivity index (χ3n) is 1.36. The van der Waals surface area contributed by atoms with Crippen LogP contribution in [0.2, 0.25) is 0 Å². The number of rotatable bonds is 1. The van der Waals surface area contributed by atoms with Gasteiger partial charge < -0.3 is 5.11 Å². The summed E-state index contributed by atoms with van der Waals surface area (Å²) < 4.78 is 0. The number of carboxylic acid groups (broad SMARTS) is 1. The maximum atomic E-state index is 10.0. The molecule has 1 rings (SSSR count). The fourth-order valence-electron chi connectivity index (χ4n) is 0.964. The van der Waals surface area contributed by atoms with Gasteiger partial charge in [0.1, 0.15) is 0 Å². The Balaban J connectivity index is 2.19. The smallest absolute Gasteiger partial charge is 0.419 e. The molecule has 0 radical (unpaired) electrons. The van der Waals surface area contributed by atoms with Gasteiger partial charge in [-0.3, -0.25) is 5.43 Å². The number of hydrogen-bond acceptors (Lipinski definition) is 2. The van der Waals surface area contributed by atoms with Crippen LogP contribution in [0.15, 0.2) is 0 Å². The zero-order valence-electron chi connectivity index (χ0n) is 5.13. The monoisotopic (exact) mass is 130 g/mol. The van der Waals surface area contributed by atoms with Gasteiger partial charge in [-0.1, -0.05) is 0 Å². The minimum atomic E-state index is -0.961. The summed E-state index contributed by atoms with van der Waals surface area (Å²) in [7, 11) is 0. The first kappa shape index (κ1) is 6.35. The minimum absolute atomic E-state index is 0.853. The second-order valence-corrected chi connectivity index (χ2v) is 2.11. The summed E-state index contributed by atoms with van der Waals surface area (Å²) in [5.74, 6) is 0. The highest BCUT2D eigenvalue weighted by Crippen LogP contribution is 2.02. The van der Waals surface area contributed by atoms with E-state index in [2.05, 4.69) is 5.43 Å². The van der Waals surface area contributed by atoms with E-state index in [4.69, 9.17) is 5.11 Å². The molecule has 0 spiro atoms. The van der Waals surface area contributed by atoms with Gasteiger partial charge in [-0.05, 0) is 12.8 Å². The van der Waals surface area contributed by atoms with E-state index < -0.39 is 6.09 Å². The summed E-state index contributed by atoms with van der Waals surface area (Å²) in [5.41, 5.74) is 2.29. The molecule has 0 aromatic carbocycles. The molecule has 1 saturated heterocycles. The first-order valence-corrected chi connectivity index (χ1v) is 3.03. The molecule has 0 atom stereocenters. The Morgan fingerprint density at radius 2 is 2.00 bits per heavy atom. The highest BCUT2D eigenvalue weighted by molar-refractivity contribution is 5.63. The summed E-state index contributed by atoms with van der Waals surface area (Å²) in [6.45, 7) is 1.71. The molecule has 1 aliphatic rings. The molecule has 0 unspecified atom stereocenters. The van der Waals surface area contributed by atoms with Crippen molar-refractivity contribution in [2.75, 3.05) is 13.1 Å². The summed E-state index contributed by atoms with van der Waals surface area (Å²) in [6.07, 6.45) is 1.23. The van der Waals surface area contributed by atoms with Gasteiger partial charge in [0.05, 0.1) is 0 Å². The molecule has 2 N–H and O–H groups in total. The molecule has 1 aliphatic heterocycles. The topological polar surface area (TPSA) is 52.6 Å². The third kappa shape index (κ3) is 1.89. The van der Waals surface area contributed by atoms with Gasteiger partial charge in [-0.25, -0.2) is 9.80 Å². The lowest BCUT2D eigenvalue weighted by molar-refractivity contribution is 0.153. The van der Waals surface area contributed by atoms with Gasteiger partial charge >= 0.3 is 6.09 Å². The Morgan fingerprint density at radius 3 is 2.44 bits per heavy atom. The largest absolute Gasteiger partial charge is 0.464 e. The van der Waals surface area contributed by atoms with Crippen molar-refractivity contribution in [2.45, 2.75) is 12.8 Å². The fraction of sp³-hybridized carbons (Fsp3) is 0.800. The van der Waals surface area contributed by atoms with Crippen molar-refractivity contribution < 1.29 is 9.90 Å². The third-order valence-corrected chi connectivity index (χ3v) is 1.36. The molecular weight excluding hydrogens is 120 g/mol. The van der Waals surface area contributed by atoms with Gasteiger partial charge in [0, 0.05) is 13.1 Å². The Kier molecular flexibility index (Phi) is 1.89. The van der Waals surface area contributed by atoms with Crippen molar-refractivity contribution in [3.05, 3.63) is 0 Å². The first-order chi connectivity index (χ1) is 4.29. The van der Waals surface area contributed by atoms with E-state index in [1.165, 1.54) is 0 Å². The molecule has 0 aromatic rings. The average molecular weight is 130 g/mol. The van der Waals surface area contributed by atoms with Gasteiger partial charge in [0.2, 0.25) is 0 Å². The molecule has 0 saturated carbocycles. The number of hydrazine groups is 1. The molecule has 0 aliphatic carbocycles. The molecule has 1 amide bonds. The SMILES string of the molecule is O=C(O)NN1CCCC1. The fourth-order valence-corrected chi connectivity index (χ4v) is 0.964. The van der Waals surface area contributed by atoms with Crippen molar-refractivity contribution in [1.82, 2.24) is 10.4 Å². The minimum Gasteiger partial charge on any atom is -0.464 e. The van der Waals surface area contributed by atoms with Crippen LogP contribution in [0.5, 0.6) is 0 Å². The van der Waals surface area contributed by atoms with E-state index in [1.807, 2.05) is 0 Å². The molecule has 0 bridgehead atoms. The zero-order valence-corrected chi connectivity index (χ0v) is 5.13. The molecule has 4 heteroatoms. The van der Waals surface area contributed by atoms with Crippen molar-refractivity contribution in [3.63, 3.8) is 0 Å². The lowest BCUT2D eigenvalue weighted by atomic mass is 10.4. The van der Waals surface area contributed by atoms with Gasteiger partial charge in [0.25, 0.3) is 0 Å². The number of nitrogens with one attached hydrogen (secondary N) is 1. The number of nitrogens with zero attached hydrogens (tertiary/aromatic N) is 1. The Morgan fingerprint density at radius 1 is 1.44 bits per heavy atom. The molecule has 1 fully saturated rings. The van der Waals surface area contributed by atoms with Crippen molar-refractivity contribution >= 4 is 6.09 Å². The highest BCUT2D eigenvalue weighted by Gasteiger charge is 2.12. The van der Waals surface area contributed by atoms with E-state index in [0.29, 0.717) is 0 Å². The van der Waals surface area contributed by atoms with Gasteiger partial charge in [0.15, 0.2) is 0 Å². The number of carbonyl (C=O) groups is 1. The molecular formula is C5H10N2O2. The van der Waals surface area contributed by atoms with Crippen molar-refractivity contribution in [2.24, 2.45) is 0 Å². The molecule has 52 valence electrons. The second kappa shape index (κ2) is 2.68. The zero-order chi connectivity index (χ0) is 6.69. The normalized spacial score (nSPS) is 20.0. The molecule has 9 heavy (non-hydrogen) atoms. The molecule has 4 nitrogen and oxygen atoms in total. The average Bonchev–Trinajstić information content (AvgIpc) is 2.15. The summed E-state index contributed by atoms with van der Waals surface area (Å²) in [6, 6.07) is 0. The van der Waals surface area contributed by atoms with Crippen LogP contribution >= 0.6 is 0 Å². The van der Waals surface area contributed by atoms with Gasteiger partial charge in [-0.15, -0.1) is 0 Å². The second-order valence-electron chi connectivity index (χ2n) is 2.11. The highest BCUT2D eigenvalue weighted by atomic mass is 16.4. The predicted molar refractivity (Wildman–Crippen MR) is 32.0 cm³/mol. The summed E-state index contributed by atoms with van der Waals surface area (Å²) in [5, 5.41) is 9.93. The van der Waals surface area contributed by atoms with E-state index in [9.17, 15) is 4.79 Å². The van der Waals surface area contributed by atoms with E-state index in [0.717, 1.165) is 25.9 Å². The van der Waals surface area contributed by atoms with Crippen LogP contribution < -0.4 is 5.43 Å². The Bertz CT molecular complexity index is 110. The Hall–Kier alpha value is -0.770. The van der Waals surface area contributed by atoms with Crippen molar-refractivity contribution in [1.29, 1.82) is 0 Å². The van der Waals surface area contributed by atoms with Crippen LogP contribution in [0.1, 0.15) is 12.8 Å². The van der Waals surface area contributed by atoms with Crippen LogP contribution in [0.3, 0.4) is 0 Å².